The summed E-state index contributed by atoms with van der Waals surface area (Å²) in [5.74, 6) is 0.911. The van der Waals surface area contributed by atoms with Gasteiger partial charge in [-0.15, -0.1) is 0 Å². The van der Waals surface area contributed by atoms with E-state index in [4.69, 9.17) is 17.0 Å². The lowest BCUT2D eigenvalue weighted by Gasteiger charge is -2.17. The maximum absolute atomic E-state index is 5.60. The van der Waals surface area contributed by atoms with Crippen LogP contribution in [0.3, 0.4) is 0 Å². The molecule has 0 aliphatic carbocycles. The Labute approximate surface area is 90.5 Å². The minimum Gasteiger partial charge on any atom is -0.491 e. The van der Waals surface area contributed by atoms with Crippen molar-refractivity contribution in [2.75, 3.05) is 25.6 Å². The van der Waals surface area contributed by atoms with Gasteiger partial charge in [0.25, 0.3) is 0 Å². The Balaban J connectivity index is 2.69. The fraction of sp³-hybridized carbons (Fsp3) is 0.364. The van der Waals surface area contributed by atoms with E-state index in [2.05, 4.69) is 0 Å². The van der Waals surface area contributed by atoms with Crippen LogP contribution in [0.4, 0.5) is 5.69 Å². The lowest BCUT2D eigenvalue weighted by molar-refractivity contribution is 0.331. The van der Waals surface area contributed by atoms with Crippen molar-refractivity contribution in [1.82, 2.24) is 0 Å². The molecule has 1 aromatic carbocycles. The van der Waals surface area contributed by atoms with Crippen LogP contribution in [-0.2, 0) is 0 Å². The number of rotatable bonds is 5. The van der Waals surface area contributed by atoms with Crippen LogP contribution in [-0.4, -0.2) is 26.1 Å². The zero-order valence-electron chi connectivity index (χ0n) is 8.56. The number of hydrogen-bond donors (Lipinski definition) is 0. The summed E-state index contributed by atoms with van der Waals surface area (Å²) in [7, 11) is 4.00. The van der Waals surface area contributed by atoms with Crippen molar-refractivity contribution in [3.8, 4) is 5.75 Å². The number of ether oxygens (including phenoxy) is 1. The Morgan fingerprint density at radius 1 is 1.36 bits per heavy atom. The lowest BCUT2D eigenvalue weighted by Crippen LogP contribution is -2.11. The summed E-state index contributed by atoms with van der Waals surface area (Å²) in [6, 6.07) is 7.98. The van der Waals surface area contributed by atoms with Gasteiger partial charge in [0.05, 0.1) is 12.3 Å². The van der Waals surface area contributed by atoms with E-state index in [9.17, 15) is 0 Å². The van der Waals surface area contributed by atoms with Gasteiger partial charge in [0.15, 0.2) is 0 Å². The standard InChI is InChI=1S/C11H15NOS/c1-12(2)10-6-3-4-7-11(10)13-8-5-9-14/h3-4,6-7,9H,5,8H2,1-2H3. The Kier molecular flexibility index (Phi) is 4.40. The van der Waals surface area contributed by atoms with Crippen molar-refractivity contribution in [2.45, 2.75) is 6.42 Å². The normalized spacial score (nSPS) is 9.57. The SMILES string of the molecule is CN(C)c1ccccc1OCCC=S. The van der Waals surface area contributed by atoms with Gasteiger partial charge in [-0.05, 0) is 17.5 Å². The average Bonchev–Trinajstić information content (AvgIpc) is 2.19. The Morgan fingerprint density at radius 2 is 2.07 bits per heavy atom. The van der Waals surface area contributed by atoms with Crippen molar-refractivity contribution in [3.63, 3.8) is 0 Å². The van der Waals surface area contributed by atoms with Crippen molar-refractivity contribution in [1.29, 1.82) is 0 Å². The zero-order chi connectivity index (χ0) is 10.4. The predicted octanol–water partition coefficient (Wildman–Crippen LogP) is 2.52. The van der Waals surface area contributed by atoms with Crippen LogP contribution in [0.15, 0.2) is 24.3 Å². The third kappa shape index (κ3) is 3.00. The quantitative estimate of drug-likeness (QED) is 0.546. The summed E-state index contributed by atoms with van der Waals surface area (Å²) < 4.78 is 5.60. The maximum atomic E-state index is 5.60. The molecule has 0 bridgehead atoms. The molecule has 0 N–H and O–H groups in total. The molecule has 0 radical (unpaired) electrons. The average molecular weight is 209 g/mol. The molecule has 14 heavy (non-hydrogen) atoms. The van der Waals surface area contributed by atoms with Gasteiger partial charge in [-0.3, -0.25) is 0 Å². The second kappa shape index (κ2) is 5.60. The van der Waals surface area contributed by atoms with E-state index in [-0.39, 0.29) is 0 Å². The van der Waals surface area contributed by atoms with Crippen molar-refractivity contribution >= 4 is 23.3 Å². The fourth-order valence-corrected chi connectivity index (χ4v) is 1.26. The number of hydrogen-bond acceptors (Lipinski definition) is 3. The highest BCUT2D eigenvalue weighted by atomic mass is 32.1. The van der Waals surface area contributed by atoms with Gasteiger partial charge in [-0.2, -0.15) is 0 Å². The molecule has 76 valence electrons. The molecule has 0 aliphatic rings. The molecule has 0 heterocycles. The summed E-state index contributed by atoms with van der Waals surface area (Å²) in [5, 5.41) is 1.69. The first kappa shape index (κ1) is 11.0. The first-order valence-corrected chi connectivity index (χ1v) is 5.05. The molecular formula is C11H15NOS. The molecule has 0 saturated heterocycles. The van der Waals surface area contributed by atoms with E-state index in [0.717, 1.165) is 17.9 Å². The van der Waals surface area contributed by atoms with Crippen LogP contribution in [0.1, 0.15) is 6.42 Å². The molecule has 0 fully saturated rings. The third-order valence-corrected chi connectivity index (χ3v) is 2.08. The number of anilines is 1. The molecule has 0 atom stereocenters. The highest BCUT2D eigenvalue weighted by Crippen LogP contribution is 2.25. The largest absolute Gasteiger partial charge is 0.491 e. The minimum absolute atomic E-state index is 0.647. The number of para-hydroxylation sites is 2. The number of thiocarbonyl (C=S) groups is 1. The van der Waals surface area contributed by atoms with Gasteiger partial charge in [-0.25, -0.2) is 0 Å². The molecule has 0 aliphatic heterocycles. The monoisotopic (exact) mass is 209 g/mol. The van der Waals surface area contributed by atoms with E-state index < -0.39 is 0 Å². The minimum atomic E-state index is 0.647. The molecule has 1 aromatic rings. The van der Waals surface area contributed by atoms with Gasteiger partial charge in [0.2, 0.25) is 0 Å². The smallest absolute Gasteiger partial charge is 0.142 e. The summed E-state index contributed by atoms with van der Waals surface area (Å²) in [4.78, 5) is 2.03. The molecular weight excluding hydrogens is 194 g/mol. The van der Waals surface area contributed by atoms with E-state index >= 15 is 0 Å². The predicted molar refractivity (Wildman–Crippen MR) is 64.5 cm³/mol. The molecule has 0 saturated carbocycles. The summed E-state index contributed by atoms with van der Waals surface area (Å²) in [5.41, 5.74) is 1.09. The van der Waals surface area contributed by atoms with Gasteiger partial charge in [0.1, 0.15) is 5.75 Å². The summed E-state index contributed by atoms with van der Waals surface area (Å²) >= 11 is 4.74. The first-order chi connectivity index (χ1) is 6.75. The summed E-state index contributed by atoms with van der Waals surface area (Å²) in [6.45, 7) is 0.647. The van der Waals surface area contributed by atoms with E-state index in [0.29, 0.717) is 6.61 Å². The summed E-state index contributed by atoms with van der Waals surface area (Å²) in [6.07, 6.45) is 0.803. The van der Waals surface area contributed by atoms with Crippen molar-refractivity contribution < 1.29 is 4.74 Å². The highest BCUT2D eigenvalue weighted by molar-refractivity contribution is 7.78. The lowest BCUT2D eigenvalue weighted by atomic mass is 10.3. The molecule has 0 spiro atoms. The van der Waals surface area contributed by atoms with Crippen LogP contribution in [0.25, 0.3) is 0 Å². The van der Waals surface area contributed by atoms with Crippen LogP contribution >= 0.6 is 12.2 Å². The molecule has 1 rings (SSSR count). The fourth-order valence-electron chi connectivity index (χ4n) is 1.17. The van der Waals surface area contributed by atoms with E-state index in [1.165, 1.54) is 0 Å². The Morgan fingerprint density at radius 3 is 2.71 bits per heavy atom. The highest BCUT2D eigenvalue weighted by Gasteiger charge is 2.03. The molecule has 2 nitrogen and oxygen atoms in total. The maximum Gasteiger partial charge on any atom is 0.142 e. The molecule has 3 heteroatoms. The van der Waals surface area contributed by atoms with Crippen LogP contribution < -0.4 is 9.64 Å². The van der Waals surface area contributed by atoms with Gasteiger partial charge < -0.3 is 9.64 Å². The second-order valence-electron chi connectivity index (χ2n) is 3.17. The van der Waals surface area contributed by atoms with Crippen LogP contribution in [0, 0.1) is 0 Å². The zero-order valence-corrected chi connectivity index (χ0v) is 9.38. The first-order valence-electron chi connectivity index (χ1n) is 4.58. The van der Waals surface area contributed by atoms with Gasteiger partial charge in [0, 0.05) is 20.5 Å². The second-order valence-corrected chi connectivity index (χ2v) is 3.50. The molecule has 0 amide bonds. The van der Waals surface area contributed by atoms with E-state index in [1.54, 1.807) is 5.37 Å². The third-order valence-electron chi connectivity index (χ3n) is 1.84. The van der Waals surface area contributed by atoms with Crippen LogP contribution in [0.2, 0.25) is 0 Å². The van der Waals surface area contributed by atoms with Crippen molar-refractivity contribution in [2.24, 2.45) is 0 Å². The van der Waals surface area contributed by atoms with Gasteiger partial charge in [-0.1, -0.05) is 24.4 Å². The topological polar surface area (TPSA) is 12.5 Å². The van der Waals surface area contributed by atoms with Crippen LogP contribution in [0.5, 0.6) is 5.75 Å². The number of benzene rings is 1. The molecule has 0 aromatic heterocycles. The van der Waals surface area contributed by atoms with Gasteiger partial charge >= 0.3 is 0 Å². The van der Waals surface area contributed by atoms with Crippen molar-refractivity contribution in [3.05, 3.63) is 24.3 Å². The Hall–Kier alpha value is -1.09. The number of nitrogens with zero attached hydrogens (tertiary/aromatic N) is 1. The molecule has 0 unspecified atom stereocenters. The Bertz CT molecular complexity index is 299. The van der Waals surface area contributed by atoms with E-state index in [1.807, 2.05) is 43.3 Å².